The van der Waals surface area contributed by atoms with Gasteiger partial charge in [-0.15, -0.1) is 10.2 Å². The van der Waals surface area contributed by atoms with Gasteiger partial charge in [0.2, 0.25) is 5.13 Å². The number of fused-ring (bicyclic) bond motifs is 1. The third kappa shape index (κ3) is 2.63. The highest BCUT2D eigenvalue weighted by Crippen LogP contribution is 2.28. The molecular formula is C15H19N3OS. The third-order valence-corrected chi connectivity index (χ3v) is 4.76. The summed E-state index contributed by atoms with van der Waals surface area (Å²) in [5.41, 5.74) is 2.61. The first-order valence-corrected chi connectivity index (χ1v) is 7.74. The summed E-state index contributed by atoms with van der Waals surface area (Å²) in [4.78, 5) is 2.15. The molecule has 2 heterocycles. The predicted octanol–water partition coefficient (Wildman–Crippen LogP) is 3.23. The molecule has 0 bridgehead atoms. The fraction of sp³-hybridized carbons (Fsp3) is 0.467. The van der Waals surface area contributed by atoms with E-state index in [0.717, 1.165) is 35.5 Å². The lowest BCUT2D eigenvalue weighted by molar-refractivity contribution is 0.357. The van der Waals surface area contributed by atoms with Gasteiger partial charge in [0, 0.05) is 25.9 Å². The van der Waals surface area contributed by atoms with Gasteiger partial charge < -0.3 is 9.64 Å². The Morgan fingerprint density at radius 2 is 2.20 bits per heavy atom. The molecule has 2 aromatic rings. The molecule has 106 valence electrons. The van der Waals surface area contributed by atoms with Crippen molar-refractivity contribution in [3.05, 3.63) is 34.3 Å². The molecule has 0 atom stereocenters. The molecular weight excluding hydrogens is 270 g/mol. The Labute approximate surface area is 123 Å². The molecule has 0 saturated heterocycles. The normalized spacial score (nSPS) is 13.4. The summed E-state index contributed by atoms with van der Waals surface area (Å²) in [5, 5.41) is 10.6. The Morgan fingerprint density at radius 1 is 1.35 bits per heavy atom. The molecule has 3 rings (SSSR count). The smallest absolute Gasteiger partial charge is 0.208 e. The van der Waals surface area contributed by atoms with Crippen molar-refractivity contribution >= 4 is 16.5 Å². The molecule has 0 unspecified atom stereocenters. The maximum atomic E-state index is 5.54. The molecule has 0 radical (unpaired) electrons. The number of aromatic nitrogens is 2. The number of hydrogen-bond donors (Lipinski definition) is 0. The Morgan fingerprint density at radius 3 is 2.95 bits per heavy atom. The summed E-state index contributed by atoms with van der Waals surface area (Å²) >= 11 is 1.67. The van der Waals surface area contributed by atoms with E-state index in [2.05, 4.69) is 54.2 Å². The standard InChI is InChI=1S/C15H19N3OS/c1-10(2)14-16-17-15(20-14)18(3)9-11-4-5-13-12(8-11)6-7-19-13/h4-5,8,10H,6-7,9H2,1-3H3. The average Bonchev–Trinajstić information content (AvgIpc) is 3.07. The van der Waals surface area contributed by atoms with Crippen LogP contribution in [0.3, 0.4) is 0 Å². The zero-order valence-corrected chi connectivity index (χ0v) is 12.9. The van der Waals surface area contributed by atoms with Gasteiger partial charge >= 0.3 is 0 Å². The van der Waals surface area contributed by atoms with Gasteiger partial charge in [0.25, 0.3) is 0 Å². The van der Waals surface area contributed by atoms with E-state index in [-0.39, 0.29) is 0 Å². The van der Waals surface area contributed by atoms with Crippen molar-refractivity contribution in [3.63, 3.8) is 0 Å². The van der Waals surface area contributed by atoms with Crippen molar-refractivity contribution in [1.29, 1.82) is 0 Å². The predicted molar refractivity (Wildman–Crippen MR) is 81.7 cm³/mol. The van der Waals surface area contributed by atoms with Gasteiger partial charge in [-0.3, -0.25) is 0 Å². The third-order valence-electron chi connectivity index (χ3n) is 3.42. The van der Waals surface area contributed by atoms with Crippen LogP contribution in [0.5, 0.6) is 5.75 Å². The summed E-state index contributed by atoms with van der Waals surface area (Å²) in [7, 11) is 2.06. The summed E-state index contributed by atoms with van der Waals surface area (Å²) in [5.74, 6) is 1.47. The topological polar surface area (TPSA) is 38.2 Å². The first kappa shape index (κ1) is 13.4. The van der Waals surface area contributed by atoms with Gasteiger partial charge in [-0.25, -0.2) is 0 Å². The molecule has 5 heteroatoms. The molecule has 0 aliphatic carbocycles. The van der Waals surface area contributed by atoms with Crippen LogP contribution < -0.4 is 9.64 Å². The van der Waals surface area contributed by atoms with E-state index >= 15 is 0 Å². The van der Waals surface area contributed by atoms with Crippen LogP contribution in [0.15, 0.2) is 18.2 Å². The first-order valence-electron chi connectivity index (χ1n) is 6.92. The van der Waals surface area contributed by atoms with Gasteiger partial charge in [0.05, 0.1) is 6.61 Å². The van der Waals surface area contributed by atoms with Crippen molar-refractivity contribution < 1.29 is 4.74 Å². The van der Waals surface area contributed by atoms with E-state index in [1.807, 2.05) is 0 Å². The number of ether oxygens (including phenoxy) is 1. The molecule has 0 amide bonds. The van der Waals surface area contributed by atoms with E-state index in [1.165, 1.54) is 11.1 Å². The summed E-state index contributed by atoms with van der Waals surface area (Å²) < 4.78 is 5.54. The fourth-order valence-corrected chi connectivity index (χ4v) is 3.10. The molecule has 0 N–H and O–H groups in total. The minimum Gasteiger partial charge on any atom is -0.493 e. The van der Waals surface area contributed by atoms with Crippen molar-refractivity contribution in [2.75, 3.05) is 18.6 Å². The van der Waals surface area contributed by atoms with Gasteiger partial charge in [-0.1, -0.05) is 37.3 Å². The molecule has 0 spiro atoms. The SMILES string of the molecule is CC(C)c1nnc(N(C)Cc2ccc3c(c2)CCO3)s1. The lowest BCUT2D eigenvalue weighted by atomic mass is 10.1. The first-order chi connectivity index (χ1) is 9.63. The highest BCUT2D eigenvalue weighted by Gasteiger charge is 2.14. The number of hydrogen-bond acceptors (Lipinski definition) is 5. The highest BCUT2D eigenvalue weighted by atomic mass is 32.1. The zero-order valence-electron chi connectivity index (χ0n) is 12.1. The minimum atomic E-state index is 0.437. The van der Waals surface area contributed by atoms with Crippen LogP contribution in [-0.4, -0.2) is 23.9 Å². The van der Waals surface area contributed by atoms with Crippen LogP contribution in [0.1, 0.15) is 35.9 Å². The Kier molecular flexibility index (Phi) is 3.61. The van der Waals surface area contributed by atoms with Gasteiger partial charge in [0.15, 0.2) is 0 Å². The molecule has 4 nitrogen and oxygen atoms in total. The van der Waals surface area contributed by atoms with Crippen LogP contribution in [-0.2, 0) is 13.0 Å². The molecule has 20 heavy (non-hydrogen) atoms. The number of anilines is 1. The highest BCUT2D eigenvalue weighted by molar-refractivity contribution is 7.15. The van der Waals surface area contributed by atoms with Crippen molar-refractivity contribution in [2.45, 2.75) is 32.7 Å². The maximum absolute atomic E-state index is 5.54. The van der Waals surface area contributed by atoms with Gasteiger partial charge in [-0.05, 0) is 17.2 Å². The second-order valence-corrected chi connectivity index (χ2v) is 6.46. The fourth-order valence-electron chi connectivity index (χ4n) is 2.29. The van der Waals surface area contributed by atoms with Crippen molar-refractivity contribution in [3.8, 4) is 5.75 Å². The van der Waals surface area contributed by atoms with Crippen LogP contribution in [0.4, 0.5) is 5.13 Å². The van der Waals surface area contributed by atoms with Crippen LogP contribution in [0, 0.1) is 0 Å². The lowest BCUT2D eigenvalue weighted by Crippen LogP contribution is -2.16. The summed E-state index contributed by atoms with van der Waals surface area (Å²) in [6, 6.07) is 6.44. The average molecular weight is 289 g/mol. The number of rotatable bonds is 4. The van der Waals surface area contributed by atoms with Crippen LogP contribution in [0.2, 0.25) is 0 Å². The molecule has 1 aliphatic rings. The van der Waals surface area contributed by atoms with E-state index in [4.69, 9.17) is 4.74 Å². The maximum Gasteiger partial charge on any atom is 0.208 e. The van der Waals surface area contributed by atoms with Gasteiger partial charge in [-0.2, -0.15) is 0 Å². The quantitative estimate of drug-likeness (QED) is 0.866. The molecule has 0 fully saturated rings. The molecule has 1 aliphatic heterocycles. The summed E-state index contributed by atoms with van der Waals surface area (Å²) in [6.45, 7) is 5.94. The van der Waals surface area contributed by atoms with E-state index in [0.29, 0.717) is 5.92 Å². The Bertz CT molecular complexity index is 609. The minimum absolute atomic E-state index is 0.437. The largest absolute Gasteiger partial charge is 0.493 e. The molecule has 1 aromatic heterocycles. The number of nitrogens with zero attached hydrogens (tertiary/aromatic N) is 3. The van der Waals surface area contributed by atoms with Gasteiger partial charge in [0.1, 0.15) is 10.8 Å². The second-order valence-electron chi connectivity index (χ2n) is 5.47. The molecule has 0 saturated carbocycles. The Balaban J connectivity index is 1.73. The number of benzene rings is 1. The monoisotopic (exact) mass is 289 g/mol. The van der Waals surface area contributed by atoms with Crippen LogP contribution in [0.25, 0.3) is 0 Å². The lowest BCUT2D eigenvalue weighted by Gasteiger charge is -2.15. The second kappa shape index (κ2) is 5.40. The van der Waals surface area contributed by atoms with Crippen molar-refractivity contribution in [2.24, 2.45) is 0 Å². The van der Waals surface area contributed by atoms with Crippen molar-refractivity contribution in [1.82, 2.24) is 10.2 Å². The van der Waals surface area contributed by atoms with E-state index in [9.17, 15) is 0 Å². The zero-order chi connectivity index (χ0) is 14.1. The van der Waals surface area contributed by atoms with E-state index < -0.39 is 0 Å². The molecule has 1 aromatic carbocycles. The van der Waals surface area contributed by atoms with E-state index in [1.54, 1.807) is 11.3 Å². The van der Waals surface area contributed by atoms with Crippen LogP contribution >= 0.6 is 11.3 Å². The Hall–Kier alpha value is -1.62. The summed E-state index contributed by atoms with van der Waals surface area (Å²) in [6.07, 6.45) is 1.02.